The van der Waals surface area contributed by atoms with Gasteiger partial charge < -0.3 is 20.4 Å². The predicted molar refractivity (Wildman–Crippen MR) is 132 cm³/mol. The first-order valence-electron chi connectivity index (χ1n) is 10.6. The third-order valence-electron chi connectivity index (χ3n) is 5.74. The average Bonchev–Trinajstić information content (AvgIpc) is 3.27. The van der Waals surface area contributed by atoms with Crippen molar-refractivity contribution in [3.63, 3.8) is 0 Å². The lowest BCUT2D eigenvalue weighted by molar-refractivity contribution is 0.102. The van der Waals surface area contributed by atoms with Gasteiger partial charge in [-0.2, -0.15) is 0 Å². The van der Waals surface area contributed by atoms with Crippen molar-refractivity contribution < 1.29 is 4.79 Å². The van der Waals surface area contributed by atoms with Gasteiger partial charge in [0.15, 0.2) is 5.13 Å². The van der Waals surface area contributed by atoms with E-state index in [1.54, 1.807) is 29.8 Å². The largest absolute Gasteiger partial charge is 0.365 e. The predicted octanol–water partition coefficient (Wildman–Crippen LogP) is 3.19. The van der Waals surface area contributed by atoms with Crippen molar-refractivity contribution >= 4 is 44.9 Å². The lowest BCUT2D eigenvalue weighted by Gasteiger charge is -2.43. The molecule has 0 saturated carbocycles. The van der Waals surface area contributed by atoms with Gasteiger partial charge in [-0.3, -0.25) is 9.78 Å². The van der Waals surface area contributed by atoms with E-state index >= 15 is 0 Å². The fraction of sp³-hybridized carbons (Fsp3) is 0.261. The third kappa shape index (κ3) is 4.35. The van der Waals surface area contributed by atoms with Gasteiger partial charge in [-0.1, -0.05) is 11.3 Å². The molecule has 5 rings (SSSR count). The topological polar surface area (TPSA) is 99.2 Å². The molecule has 1 aliphatic heterocycles. The number of hydrogen-bond donors (Lipinski definition) is 2. The number of pyridine rings is 3. The highest BCUT2D eigenvalue weighted by molar-refractivity contribution is 7.18. The Morgan fingerprint density at radius 3 is 2.70 bits per heavy atom. The molecule has 0 atom stereocenters. The van der Waals surface area contributed by atoms with Gasteiger partial charge >= 0.3 is 0 Å². The lowest BCUT2D eigenvalue weighted by atomic mass is 10.1. The van der Waals surface area contributed by atoms with Gasteiger partial charge in [0.1, 0.15) is 11.6 Å². The molecule has 2 N–H and O–H groups in total. The minimum absolute atomic E-state index is 0.222. The Bertz CT molecular complexity index is 1310. The van der Waals surface area contributed by atoms with Crippen LogP contribution < -0.4 is 15.5 Å². The van der Waals surface area contributed by atoms with E-state index in [1.165, 1.54) is 0 Å². The zero-order valence-corrected chi connectivity index (χ0v) is 19.4. The SMILES string of the molecule is CNc1ncc(-c2cnc3cnc(NC(=O)c4ccnc(N5CC(N(C)C)C5)c4)cc3c2)s1. The number of hydrogen-bond acceptors (Lipinski definition) is 9. The van der Waals surface area contributed by atoms with E-state index in [-0.39, 0.29) is 5.91 Å². The fourth-order valence-electron chi connectivity index (χ4n) is 3.65. The minimum Gasteiger partial charge on any atom is -0.365 e. The van der Waals surface area contributed by atoms with Gasteiger partial charge in [0.25, 0.3) is 5.91 Å². The monoisotopic (exact) mass is 460 g/mol. The van der Waals surface area contributed by atoms with E-state index in [1.807, 2.05) is 37.6 Å². The molecular formula is C23H24N8OS. The molecule has 168 valence electrons. The smallest absolute Gasteiger partial charge is 0.257 e. The van der Waals surface area contributed by atoms with Crippen LogP contribution in [0.1, 0.15) is 10.4 Å². The number of nitrogens with zero attached hydrogens (tertiary/aromatic N) is 6. The van der Waals surface area contributed by atoms with Crippen LogP contribution in [-0.4, -0.2) is 71.0 Å². The van der Waals surface area contributed by atoms with Gasteiger partial charge in [0.05, 0.1) is 16.6 Å². The summed E-state index contributed by atoms with van der Waals surface area (Å²) in [4.78, 5) is 35.9. The molecule has 0 aromatic carbocycles. The maximum atomic E-state index is 12.9. The zero-order valence-electron chi connectivity index (χ0n) is 18.6. The number of anilines is 3. The number of fused-ring (bicyclic) bond motifs is 1. The molecule has 9 nitrogen and oxygen atoms in total. The summed E-state index contributed by atoms with van der Waals surface area (Å²) in [6, 6.07) is 7.92. The van der Waals surface area contributed by atoms with Gasteiger partial charge in [-0.05, 0) is 38.4 Å². The fourth-order valence-corrected chi connectivity index (χ4v) is 4.40. The summed E-state index contributed by atoms with van der Waals surface area (Å²) in [7, 11) is 5.99. The quantitative estimate of drug-likeness (QED) is 0.453. The Labute approximate surface area is 195 Å². The van der Waals surface area contributed by atoms with E-state index in [2.05, 4.69) is 54.5 Å². The van der Waals surface area contributed by atoms with Crippen LogP contribution in [-0.2, 0) is 0 Å². The summed E-state index contributed by atoms with van der Waals surface area (Å²) in [6.07, 6.45) is 6.97. The molecule has 0 unspecified atom stereocenters. The van der Waals surface area contributed by atoms with E-state index in [0.717, 1.165) is 45.4 Å². The normalized spacial score (nSPS) is 13.9. The van der Waals surface area contributed by atoms with Crippen molar-refractivity contribution in [3.05, 3.63) is 54.6 Å². The first kappa shape index (κ1) is 21.2. The molecule has 0 spiro atoms. The Morgan fingerprint density at radius 2 is 1.94 bits per heavy atom. The Balaban J connectivity index is 1.33. The second-order valence-electron chi connectivity index (χ2n) is 8.15. The molecule has 4 aromatic rings. The molecule has 0 aliphatic carbocycles. The van der Waals surface area contributed by atoms with E-state index in [4.69, 9.17) is 0 Å². The molecule has 33 heavy (non-hydrogen) atoms. The number of likely N-dealkylation sites (N-methyl/N-ethyl adjacent to an activating group) is 1. The van der Waals surface area contributed by atoms with E-state index in [0.29, 0.717) is 17.4 Å². The summed E-state index contributed by atoms with van der Waals surface area (Å²) in [6.45, 7) is 1.81. The molecule has 1 fully saturated rings. The van der Waals surface area contributed by atoms with Crippen molar-refractivity contribution in [2.75, 3.05) is 49.8 Å². The highest BCUT2D eigenvalue weighted by atomic mass is 32.1. The molecule has 0 bridgehead atoms. The van der Waals surface area contributed by atoms with Crippen molar-refractivity contribution in [1.82, 2.24) is 24.8 Å². The van der Waals surface area contributed by atoms with Crippen molar-refractivity contribution in [3.8, 4) is 10.4 Å². The second kappa shape index (κ2) is 8.72. The maximum Gasteiger partial charge on any atom is 0.257 e. The van der Waals surface area contributed by atoms with E-state index < -0.39 is 0 Å². The number of nitrogens with one attached hydrogen (secondary N) is 2. The van der Waals surface area contributed by atoms with Gasteiger partial charge in [-0.25, -0.2) is 15.0 Å². The summed E-state index contributed by atoms with van der Waals surface area (Å²) in [5, 5.41) is 7.68. The van der Waals surface area contributed by atoms with Crippen LogP contribution in [0.25, 0.3) is 21.3 Å². The number of carbonyl (C=O) groups excluding carboxylic acids is 1. The molecule has 5 heterocycles. The molecular weight excluding hydrogens is 436 g/mol. The van der Waals surface area contributed by atoms with Gasteiger partial charge in [-0.15, -0.1) is 0 Å². The summed E-state index contributed by atoms with van der Waals surface area (Å²) in [5.41, 5.74) is 2.27. The van der Waals surface area contributed by atoms with Gasteiger partial charge in [0.2, 0.25) is 0 Å². The molecule has 1 amide bonds. The number of thiazole rings is 1. The van der Waals surface area contributed by atoms with Crippen molar-refractivity contribution in [1.29, 1.82) is 0 Å². The first-order chi connectivity index (χ1) is 16.0. The highest BCUT2D eigenvalue weighted by Crippen LogP contribution is 2.30. The Morgan fingerprint density at radius 1 is 1.09 bits per heavy atom. The van der Waals surface area contributed by atoms with Crippen molar-refractivity contribution in [2.45, 2.75) is 6.04 Å². The molecule has 0 radical (unpaired) electrons. The van der Waals surface area contributed by atoms with Crippen LogP contribution in [0, 0.1) is 0 Å². The maximum absolute atomic E-state index is 12.9. The highest BCUT2D eigenvalue weighted by Gasteiger charge is 2.29. The number of aromatic nitrogens is 4. The summed E-state index contributed by atoms with van der Waals surface area (Å²) >= 11 is 1.56. The molecule has 4 aromatic heterocycles. The van der Waals surface area contributed by atoms with Gasteiger partial charge in [0, 0.05) is 61.3 Å². The molecule has 10 heteroatoms. The van der Waals surface area contributed by atoms with Crippen LogP contribution in [0.4, 0.5) is 16.8 Å². The summed E-state index contributed by atoms with van der Waals surface area (Å²) in [5.74, 6) is 1.06. The molecule has 1 aliphatic rings. The third-order valence-corrected chi connectivity index (χ3v) is 6.80. The van der Waals surface area contributed by atoms with Crippen molar-refractivity contribution in [2.24, 2.45) is 0 Å². The second-order valence-corrected chi connectivity index (χ2v) is 9.18. The first-order valence-corrected chi connectivity index (χ1v) is 11.4. The standard InChI is InChI=1S/C23H24N8OS/c1-24-23-28-11-19(33-23)16-6-15-7-20(27-10-18(15)26-9-16)29-22(32)14-4-5-25-21(8-14)31-12-17(13-31)30(2)3/h4-11,17H,12-13H2,1-3H3,(H,24,28)(H,27,29,32). The van der Waals surface area contributed by atoms with Crippen LogP contribution in [0.5, 0.6) is 0 Å². The summed E-state index contributed by atoms with van der Waals surface area (Å²) < 4.78 is 0. The lowest BCUT2D eigenvalue weighted by Crippen LogP contribution is -2.57. The average molecular weight is 461 g/mol. The number of rotatable bonds is 6. The van der Waals surface area contributed by atoms with Crippen LogP contribution in [0.2, 0.25) is 0 Å². The zero-order chi connectivity index (χ0) is 22.9. The Hall–Kier alpha value is -3.63. The van der Waals surface area contributed by atoms with Crippen LogP contribution in [0.3, 0.4) is 0 Å². The van der Waals surface area contributed by atoms with Crippen LogP contribution in [0.15, 0.2) is 49.1 Å². The number of carbonyl (C=O) groups is 1. The minimum atomic E-state index is -0.222. The van der Waals surface area contributed by atoms with E-state index in [9.17, 15) is 4.79 Å². The molecule has 1 saturated heterocycles. The Kier molecular flexibility index (Phi) is 5.61. The van der Waals surface area contributed by atoms with Crippen LogP contribution >= 0.6 is 11.3 Å². The number of amides is 1.